The van der Waals surface area contributed by atoms with Gasteiger partial charge in [0, 0.05) is 5.39 Å². The number of fused-ring (bicyclic) bond motifs is 1. The van der Waals surface area contributed by atoms with Gasteiger partial charge in [0.15, 0.2) is 0 Å². The lowest BCUT2D eigenvalue weighted by Crippen LogP contribution is -2.24. The Bertz CT molecular complexity index is 592. The molecule has 4 N–H and O–H groups in total. The van der Waals surface area contributed by atoms with Crippen molar-refractivity contribution in [2.45, 2.75) is 46.1 Å². The lowest BCUT2D eigenvalue weighted by Gasteiger charge is -2.18. The van der Waals surface area contributed by atoms with Gasteiger partial charge in [-0.2, -0.15) is 4.98 Å². The zero-order valence-corrected chi connectivity index (χ0v) is 13.4. The summed E-state index contributed by atoms with van der Waals surface area (Å²) < 4.78 is 13.7. The van der Waals surface area contributed by atoms with E-state index in [0.717, 1.165) is 19.3 Å². The Hall–Kier alpha value is -1.95. The summed E-state index contributed by atoms with van der Waals surface area (Å²) in [6.45, 7) is 6.07. The molecule has 122 valence electrons. The molecule has 1 atom stereocenters. The van der Waals surface area contributed by atoms with Crippen molar-refractivity contribution < 1.29 is 9.50 Å². The maximum Gasteiger partial charge on any atom is 0.222 e. The van der Waals surface area contributed by atoms with E-state index < -0.39 is 5.82 Å². The summed E-state index contributed by atoms with van der Waals surface area (Å²) in [5.41, 5.74) is 5.81. The Kier molecular flexibility index (Phi) is 7.52. The first kappa shape index (κ1) is 18.1. The number of aliphatic hydroxyl groups excluding tert-OH is 1. The quantitative estimate of drug-likeness (QED) is 0.762. The van der Waals surface area contributed by atoms with Gasteiger partial charge in [-0.1, -0.05) is 39.7 Å². The van der Waals surface area contributed by atoms with Crippen LogP contribution in [0.1, 0.15) is 40.0 Å². The number of rotatable bonds is 6. The van der Waals surface area contributed by atoms with Gasteiger partial charge < -0.3 is 16.2 Å². The van der Waals surface area contributed by atoms with Crippen LogP contribution < -0.4 is 11.1 Å². The van der Waals surface area contributed by atoms with E-state index in [2.05, 4.69) is 22.2 Å². The lowest BCUT2D eigenvalue weighted by molar-refractivity contribution is 0.267. The number of aromatic nitrogens is 2. The molecule has 1 aromatic heterocycles. The number of benzene rings is 1. The monoisotopic (exact) mass is 308 g/mol. The van der Waals surface area contributed by atoms with Crippen LogP contribution in [0.25, 0.3) is 10.9 Å². The molecular weight excluding hydrogens is 283 g/mol. The van der Waals surface area contributed by atoms with Crippen molar-refractivity contribution in [2.24, 2.45) is 0 Å². The molecule has 0 bridgehead atoms. The zero-order chi connectivity index (χ0) is 16.5. The van der Waals surface area contributed by atoms with Crippen molar-refractivity contribution >= 4 is 22.7 Å². The molecule has 0 spiro atoms. The Morgan fingerprint density at radius 3 is 2.68 bits per heavy atom. The van der Waals surface area contributed by atoms with Crippen molar-refractivity contribution in [2.75, 3.05) is 17.7 Å². The van der Waals surface area contributed by atoms with E-state index >= 15 is 0 Å². The minimum absolute atomic E-state index is 0.0114. The molecule has 0 aliphatic rings. The second-order valence-electron chi connectivity index (χ2n) is 4.73. The summed E-state index contributed by atoms with van der Waals surface area (Å²) in [5.74, 6) is 0.0354. The van der Waals surface area contributed by atoms with Crippen LogP contribution in [-0.2, 0) is 0 Å². The Morgan fingerprint density at radius 2 is 2.05 bits per heavy atom. The molecule has 6 heteroatoms. The van der Waals surface area contributed by atoms with Gasteiger partial charge >= 0.3 is 0 Å². The summed E-state index contributed by atoms with van der Waals surface area (Å²) >= 11 is 0. The topological polar surface area (TPSA) is 84.1 Å². The Labute approximate surface area is 130 Å². The maximum atomic E-state index is 13.7. The summed E-state index contributed by atoms with van der Waals surface area (Å²) in [7, 11) is 0. The molecule has 0 aliphatic heterocycles. The van der Waals surface area contributed by atoms with E-state index in [9.17, 15) is 9.50 Å². The second-order valence-corrected chi connectivity index (χ2v) is 4.73. The number of hydrogen-bond acceptors (Lipinski definition) is 5. The van der Waals surface area contributed by atoms with Crippen LogP contribution >= 0.6 is 0 Å². The number of nitrogens with two attached hydrogens (primary N) is 1. The fraction of sp³-hybridized carbons (Fsp3) is 0.500. The molecule has 0 fully saturated rings. The van der Waals surface area contributed by atoms with Gasteiger partial charge in [-0.3, -0.25) is 0 Å². The van der Waals surface area contributed by atoms with E-state index in [-0.39, 0.29) is 24.1 Å². The molecule has 0 radical (unpaired) electrons. The third-order valence-corrected chi connectivity index (χ3v) is 3.16. The minimum Gasteiger partial charge on any atom is -0.394 e. The lowest BCUT2D eigenvalue weighted by atomic mass is 10.1. The number of halogens is 1. The average Bonchev–Trinajstić information content (AvgIpc) is 2.54. The van der Waals surface area contributed by atoms with Crippen molar-refractivity contribution in [3.63, 3.8) is 0 Å². The molecule has 0 amide bonds. The van der Waals surface area contributed by atoms with Gasteiger partial charge in [0.1, 0.15) is 17.2 Å². The summed E-state index contributed by atoms with van der Waals surface area (Å²) in [6.07, 6.45) is 2.85. The van der Waals surface area contributed by atoms with Gasteiger partial charge in [-0.05, 0) is 18.6 Å². The van der Waals surface area contributed by atoms with Crippen LogP contribution in [0.15, 0.2) is 18.2 Å². The number of nitrogens with zero attached hydrogens (tertiary/aromatic N) is 2. The molecule has 1 heterocycles. The normalized spacial score (nSPS) is 11.7. The van der Waals surface area contributed by atoms with Gasteiger partial charge in [-0.15, -0.1) is 0 Å². The third-order valence-electron chi connectivity index (χ3n) is 3.16. The van der Waals surface area contributed by atoms with E-state index in [4.69, 9.17) is 5.73 Å². The minimum atomic E-state index is -0.436. The van der Waals surface area contributed by atoms with Crippen LogP contribution in [0.2, 0.25) is 0 Å². The van der Waals surface area contributed by atoms with Crippen LogP contribution in [0, 0.1) is 5.82 Å². The molecule has 2 rings (SSSR count). The first-order valence-electron chi connectivity index (χ1n) is 7.74. The zero-order valence-electron chi connectivity index (χ0n) is 13.4. The average molecular weight is 308 g/mol. The third kappa shape index (κ3) is 4.53. The first-order chi connectivity index (χ1) is 10.7. The van der Waals surface area contributed by atoms with E-state index in [1.165, 1.54) is 6.07 Å². The number of hydrogen-bond donors (Lipinski definition) is 3. The number of nitrogens with one attached hydrogen (secondary N) is 1. The van der Waals surface area contributed by atoms with E-state index in [1.54, 1.807) is 12.1 Å². The number of nitrogen functional groups attached to an aromatic ring is 1. The molecule has 1 aromatic carbocycles. The fourth-order valence-electron chi connectivity index (χ4n) is 2.10. The SMILES string of the molecule is CC.CCCC[C@@H](CO)Nc1nc(N)nc2c(F)cccc12. The highest BCUT2D eigenvalue weighted by atomic mass is 19.1. The van der Waals surface area contributed by atoms with Gasteiger partial charge in [-0.25, -0.2) is 9.37 Å². The number of unbranched alkanes of at least 4 members (excludes halogenated alkanes) is 1. The van der Waals surface area contributed by atoms with Crippen molar-refractivity contribution in [3.8, 4) is 0 Å². The smallest absolute Gasteiger partial charge is 0.222 e. The molecule has 0 aliphatic carbocycles. The van der Waals surface area contributed by atoms with E-state index in [0.29, 0.717) is 11.2 Å². The molecule has 2 aromatic rings. The molecule has 0 saturated carbocycles. The number of anilines is 2. The Morgan fingerprint density at radius 1 is 1.32 bits per heavy atom. The first-order valence-corrected chi connectivity index (χ1v) is 7.74. The van der Waals surface area contributed by atoms with Gasteiger partial charge in [0.05, 0.1) is 12.6 Å². The van der Waals surface area contributed by atoms with Crippen molar-refractivity contribution in [1.82, 2.24) is 9.97 Å². The van der Waals surface area contributed by atoms with Crippen LogP contribution in [0.5, 0.6) is 0 Å². The second kappa shape index (κ2) is 9.15. The molecule has 22 heavy (non-hydrogen) atoms. The molecule has 0 unspecified atom stereocenters. The highest BCUT2D eigenvalue weighted by Crippen LogP contribution is 2.24. The predicted molar refractivity (Wildman–Crippen MR) is 89.3 cm³/mol. The number of aliphatic hydroxyl groups is 1. The van der Waals surface area contributed by atoms with Crippen LogP contribution in [0.4, 0.5) is 16.2 Å². The molecule has 5 nitrogen and oxygen atoms in total. The van der Waals surface area contributed by atoms with Gasteiger partial charge in [0.2, 0.25) is 5.95 Å². The Balaban J connectivity index is 0.00000116. The maximum absolute atomic E-state index is 13.7. The summed E-state index contributed by atoms with van der Waals surface area (Å²) in [4.78, 5) is 8.04. The van der Waals surface area contributed by atoms with Crippen molar-refractivity contribution in [1.29, 1.82) is 0 Å². The van der Waals surface area contributed by atoms with Gasteiger partial charge in [0.25, 0.3) is 0 Å². The number of para-hydroxylation sites is 1. The predicted octanol–water partition coefficient (Wildman–Crippen LogP) is 3.34. The van der Waals surface area contributed by atoms with Crippen molar-refractivity contribution in [3.05, 3.63) is 24.0 Å². The van der Waals surface area contributed by atoms with Crippen LogP contribution in [-0.4, -0.2) is 27.7 Å². The molecule has 0 saturated heterocycles. The summed E-state index contributed by atoms with van der Waals surface area (Å²) in [5, 5.41) is 13.1. The summed E-state index contributed by atoms with van der Waals surface area (Å²) in [6, 6.07) is 4.53. The molecular formula is C16H25FN4O. The van der Waals surface area contributed by atoms with Crippen LogP contribution in [0.3, 0.4) is 0 Å². The highest BCUT2D eigenvalue weighted by molar-refractivity contribution is 5.90. The van der Waals surface area contributed by atoms with E-state index in [1.807, 2.05) is 13.8 Å². The highest BCUT2D eigenvalue weighted by Gasteiger charge is 2.13. The fourth-order valence-corrected chi connectivity index (χ4v) is 2.10. The standard InChI is InChI=1S/C14H19FN4O.C2H6/c1-2-3-5-9(8-20)17-13-10-6-4-7-11(15)12(10)18-14(16)19-13;1-2/h4,6-7,9,20H,2-3,5,8H2,1H3,(H3,16,17,18,19);1-2H3/t9-;/m0./s1. The largest absolute Gasteiger partial charge is 0.394 e.